The molecule has 25 heavy (non-hydrogen) atoms. The van der Waals surface area contributed by atoms with Gasteiger partial charge >= 0.3 is 0 Å². The Hall–Kier alpha value is -1.99. The SMILES string of the molecule is CN(CC(=O)N1CC[C@H](O)[C@@]2(CCCNC2=O)C1)Cc1ccncc1. The molecule has 0 radical (unpaired) electrons. The highest BCUT2D eigenvalue weighted by Gasteiger charge is 2.50. The molecule has 2 aliphatic heterocycles. The Morgan fingerprint density at radius 1 is 1.48 bits per heavy atom. The molecule has 0 bridgehead atoms. The van der Waals surface area contributed by atoms with E-state index in [1.54, 1.807) is 17.3 Å². The highest BCUT2D eigenvalue weighted by Crippen LogP contribution is 2.37. The van der Waals surface area contributed by atoms with Crippen LogP contribution in [0.2, 0.25) is 0 Å². The molecule has 2 amide bonds. The summed E-state index contributed by atoms with van der Waals surface area (Å²) in [4.78, 5) is 32.8. The molecule has 1 aromatic rings. The van der Waals surface area contributed by atoms with E-state index in [1.807, 2.05) is 24.1 Å². The Bertz CT molecular complexity index is 624. The van der Waals surface area contributed by atoms with Crippen molar-refractivity contribution in [1.82, 2.24) is 20.1 Å². The summed E-state index contributed by atoms with van der Waals surface area (Å²) in [6, 6.07) is 3.86. The number of carbonyl (C=O) groups is 2. The Kier molecular flexibility index (Phi) is 5.34. The van der Waals surface area contributed by atoms with Gasteiger partial charge in [-0.1, -0.05) is 0 Å². The predicted molar refractivity (Wildman–Crippen MR) is 92.5 cm³/mol. The third kappa shape index (κ3) is 3.82. The van der Waals surface area contributed by atoms with Gasteiger partial charge in [-0.05, 0) is 44.0 Å². The lowest BCUT2D eigenvalue weighted by Gasteiger charge is -2.47. The molecular weight excluding hydrogens is 320 g/mol. The lowest BCUT2D eigenvalue weighted by molar-refractivity contribution is -0.155. The number of likely N-dealkylation sites (tertiary alicyclic amines) is 1. The number of likely N-dealkylation sites (N-methyl/N-ethyl adjacent to an activating group) is 1. The van der Waals surface area contributed by atoms with Crippen LogP contribution < -0.4 is 5.32 Å². The van der Waals surface area contributed by atoms with Crippen molar-refractivity contribution in [3.8, 4) is 0 Å². The first-order valence-electron chi connectivity index (χ1n) is 8.83. The maximum atomic E-state index is 12.7. The summed E-state index contributed by atoms with van der Waals surface area (Å²) in [5.41, 5.74) is 0.262. The largest absolute Gasteiger partial charge is 0.392 e. The second-order valence-electron chi connectivity index (χ2n) is 7.16. The minimum atomic E-state index is -0.837. The minimum absolute atomic E-state index is 0.00112. The maximum absolute atomic E-state index is 12.7. The molecule has 0 saturated carbocycles. The van der Waals surface area contributed by atoms with E-state index in [9.17, 15) is 14.7 Å². The number of carbonyl (C=O) groups excluding carboxylic acids is 2. The smallest absolute Gasteiger partial charge is 0.236 e. The average Bonchev–Trinajstić information content (AvgIpc) is 2.60. The van der Waals surface area contributed by atoms with Crippen molar-refractivity contribution in [2.75, 3.05) is 33.2 Å². The number of amides is 2. The zero-order valence-corrected chi connectivity index (χ0v) is 14.6. The topological polar surface area (TPSA) is 85.8 Å². The molecule has 2 fully saturated rings. The van der Waals surface area contributed by atoms with Gasteiger partial charge in [0.25, 0.3) is 0 Å². The fourth-order valence-corrected chi connectivity index (χ4v) is 3.84. The van der Waals surface area contributed by atoms with Gasteiger partial charge in [0, 0.05) is 38.6 Å². The summed E-state index contributed by atoms with van der Waals surface area (Å²) in [7, 11) is 1.90. The summed E-state index contributed by atoms with van der Waals surface area (Å²) >= 11 is 0. The van der Waals surface area contributed by atoms with Crippen molar-refractivity contribution in [3.63, 3.8) is 0 Å². The van der Waals surface area contributed by atoms with Crippen LogP contribution in [0, 0.1) is 5.41 Å². The zero-order valence-electron chi connectivity index (χ0n) is 14.6. The first-order chi connectivity index (χ1) is 12.0. The van der Waals surface area contributed by atoms with Gasteiger partial charge in [-0.25, -0.2) is 0 Å². The van der Waals surface area contributed by atoms with E-state index in [-0.39, 0.29) is 18.4 Å². The minimum Gasteiger partial charge on any atom is -0.392 e. The van der Waals surface area contributed by atoms with Gasteiger partial charge in [0.05, 0.1) is 18.1 Å². The number of hydrogen-bond acceptors (Lipinski definition) is 5. The second-order valence-corrected chi connectivity index (χ2v) is 7.16. The van der Waals surface area contributed by atoms with Crippen molar-refractivity contribution in [1.29, 1.82) is 0 Å². The average molecular weight is 346 g/mol. The monoisotopic (exact) mass is 346 g/mol. The summed E-state index contributed by atoms with van der Waals surface area (Å²) < 4.78 is 0. The molecule has 3 heterocycles. The van der Waals surface area contributed by atoms with Crippen molar-refractivity contribution in [2.45, 2.75) is 31.9 Å². The molecule has 1 spiro atoms. The number of aromatic nitrogens is 1. The Labute approximate surface area is 148 Å². The summed E-state index contributed by atoms with van der Waals surface area (Å²) in [6.45, 7) is 2.41. The molecule has 2 aliphatic rings. The molecular formula is C18H26N4O3. The summed E-state index contributed by atoms with van der Waals surface area (Å²) in [5.74, 6) is -0.116. The molecule has 136 valence electrons. The first kappa shape index (κ1) is 17.8. The summed E-state index contributed by atoms with van der Waals surface area (Å²) in [6.07, 6.45) is 4.73. The number of nitrogens with one attached hydrogen (secondary N) is 1. The normalized spacial score (nSPS) is 26.8. The Balaban J connectivity index is 1.61. The van der Waals surface area contributed by atoms with Crippen LogP contribution in [0.4, 0.5) is 0 Å². The lowest BCUT2D eigenvalue weighted by atomic mass is 9.71. The van der Waals surface area contributed by atoms with Crippen LogP contribution in [0.1, 0.15) is 24.8 Å². The van der Waals surface area contributed by atoms with Crippen molar-refractivity contribution in [2.24, 2.45) is 5.41 Å². The van der Waals surface area contributed by atoms with E-state index in [4.69, 9.17) is 0 Å². The van der Waals surface area contributed by atoms with Crippen LogP contribution in [0.3, 0.4) is 0 Å². The van der Waals surface area contributed by atoms with Gasteiger partial charge in [-0.15, -0.1) is 0 Å². The van der Waals surface area contributed by atoms with E-state index < -0.39 is 11.5 Å². The Morgan fingerprint density at radius 3 is 2.96 bits per heavy atom. The predicted octanol–water partition coefficient (Wildman–Crippen LogP) is 0.00300. The molecule has 2 N–H and O–H groups in total. The molecule has 7 nitrogen and oxygen atoms in total. The van der Waals surface area contributed by atoms with Crippen molar-refractivity contribution < 1.29 is 14.7 Å². The molecule has 2 atom stereocenters. The number of nitrogens with zero attached hydrogens (tertiary/aromatic N) is 3. The number of hydrogen-bond donors (Lipinski definition) is 2. The van der Waals surface area contributed by atoms with Crippen LogP contribution in [-0.4, -0.2) is 71.0 Å². The number of aliphatic hydroxyl groups excluding tert-OH is 1. The second kappa shape index (κ2) is 7.49. The van der Waals surface area contributed by atoms with Crippen LogP contribution in [-0.2, 0) is 16.1 Å². The standard InChI is InChI=1S/C18H26N4O3/c1-21(11-14-3-8-19-9-4-14)12-16(24)22-10-5-15(23)18(13-22)6-2-7-20-17(18)25/h3-4,8-9,15,23H,2,5-7,10-13H2,1H3,(H,20,25)/t15-,18+/m0/s1. The van der Waals surface area contributed by atoms with Crippen molar-refractivity contribution >= 4 is 11.8 Å². The van der Waals surface area contributed by atoms with E-state index in [0.717, 1.165) is 12.0 Å². The van der Waals surface area contributed by atoms with Gasteiger partial charge < -0.3 is 15.3 Å². The van der Waals surface area contributed by atoms with E-state index in [0.29, 0.717) is 39.0 Å². The number of rotatable bonds is 4. The molecule has 0 unspecified atom stereocenters. The van der Waals surface area contributed by atoms with Crippen molar-refractivity contribution in [3.05, 3.63) is 30.1 Å². The van der Waals surface area contributed by atoms with Crippen LogP contribution in [0.25, 0.3) is 0 Å². The van der Waals surface area contributed by atoms with Gasteiger partial charge in [-0.3, -0.25) is 19.5 Å². The molecule has 1 aromatic heterocycles. The van der Waals surface area contributed by atoms with Gasteiger partial charge in [0.2, 0.25) is 11.8 Å². The Morgan fingerprint density at radius 2 is 2.24 bits per heavy atom. The zero-order chi connectivity index (χ0) is 17.9. The fourth-order valence-electron chi connectivity index (χ4n) is 3.84. The van der Waals surface area contributed by atoms with E-state index in [2.05, 4.69) is 10.3 Å². The fraction of sp³-hybridized carbons (Fsp3) is 0.611. The maximum Gasteiger partial charge on any atom is 0.236 e. The first-order valence-corrected chi connectivity index (χ1v) is 8.83. The molecule has 7 heteroatoms. The quantitative estimate of drug-likeness (QED) is 0.802. The molecule has 0 aliphatic carbocycles. The van der Waals surface area contributed by atoms with Gasteiger partial charge in [0.1, 0.15) is 0 Å². The highest BCUT2D eigenvalue weighted by molar-refractivity contribution is 5.86. The van der Waals surface area contributed by atoms with Gasteiger partial charge in [-0.2, -0.15) is 0 Å². The number of pyridine rings is 1. The third-order valence-corrected chi connectivity index (χ3v) is 5.28. The number of piperidine rings is 2. The van der Waals surface area contributed by atoms with Gasteiger partial charge in [0.15, 0.2) is 0 Å². The van der Waals surface area contributed by atoms with E-state index >= 15 is 0 Å². The highest BCUT2D eigenvalue weighted by atomic mass is 16.3. The molecule has 2 saturated heterocycles. The molecule has 0 aromatic carbocycles. The van der Waals surface area contributed by atoms with E-state index in [1.165, 1.54) is 0 Å². The lowest BCUT2D eigenvalue weighted by Crippen LogP contribution is -2.62. The van der Waals surface area contributed by atoms with Crippen LogP contribution in [0.15, 0.2) is 24.5 Å². The number of aliphatic hydroxyl groups is 1. The van der Waals surface area contributed by atoms with Crippen LogP contribution >= 0.6 is 0 Å². The third-order valence-electron chi connectivity index (χ3n) is 5.28. The summed E-state index contributed by atoms with van der Waals surface area (Å²) in [5, 5.41) is 13.3. The molecule has 3 rings (SSSR count). The van der Waals surface area contributed by atoms with Crippen LogP contribution in [0.5, 0.6) is 0 Å².